The van der Waals surface area contributed by atoms with Crippen molar-refractivity contribution in [3.05, 3.63) is 24.3 Å². The number of aryl methyl sites for hydroxylation is 1. The molecule has 0 spiro atoms. The van der Waals surface area contributed by atoms with Crippen LogP contribution in [0.3, 0.4) is 0 Å². The second kappa shape index (κ2) is 4.53. The number of hydrogen-bond acceptors (Lipinski definition) is 3. The minimum atomic E-state index is 0.673. The summed E-state index contributed by atoms with van der Waals surface area (Å²) in [5, 5.41) is 0. The summed E-state index contributed by atoms with van der Waals surface area (Å²) in [6.45, 7) is 5.38. The number of hydrazine groups is 1. The summed E-state index contributed by atoms with van der Waals surface area (Å²) < 4.78 is 2.13. The normalized spacial score (nSPS) is 11.2. The van der Waals surface area contributed by atoms with Gasteiger partial charge in [-0.25, -0.2) is 10.8 Å². The Bertz CT molecular complexity index is 473. The highest BCUT2D eigenvalue weighted by molar-refractivity contribution is 5.78. The van der Waals surface area contributed by atoms with Crippen LogP contribution in [-0.2, 0) is 6.54 Å². The topological polar surface area (TPSA) is 55.9 Å². The summed E-state index contributed by atoms with van der Waals surface area (Å²) >= 11 is 0. The first-order valence-electron chi connectivity index (χ1n) is 5.64. The molecule has 0 saturated heterocycles. The first-order chi connectivity index (χ1) is 7.72. The average Bonchev–Trinajstić information content (AvgIpc) is 2.64. The molecule has 1 aromatic heterocycles. The summed E-state index contributed by atoms with van der Waals surface area (Å²) in [5.41, 5.74) is 4.78. The Hall–Kier alpha value is -1.55. The highest BCUT2D eigenvalue weighted by Crippen LogP contribution is 2.20. The summed E-state index contributed by atoms with van der Waals surface area (Å²) in [4.78, 5) is 4.44. The number of nitrogens with zero attached hydrogens (tertiary/aromatic N) is 2. The van der Waals surface area contributed by atoms with Gasteiger partial charge in [-0.15, -0.1) is 0 Å². The van der Waals surface area contributed by atoms with E-state index in [0.29, 0.717) is 5.92 Å². The van der Waals surface area contributed by atoms with E-state index in [1.165, 1.54) is 0 Å². The van der Waals surface area contributed by atoms with Crippen LogP contribution in [0.4, 0.5) is 5.95 Å². The van der Waals surface area contributed by atoms with Crippen molar-refractivity contribution in [1.29, 1.82) is 0 Å². The van der Waals surface area contributed by atoms with Gasteiger partial charge in [0.2, 0.25) is 5.95 Å². The Morgan fingerprint density at radius 3 is 2.81 bits per heavy atom. The van der Waals surface area contributed by atoms with Crippen molar-refractivity contribution < 1.29 is 0 Å². The van der Waals surface area contributed by atoms with Crippen LogP contribution in [0.1, 0.15) is 20.3 Å². The van der Waals surface area contributed by atoms with Crippen molar-refractivity contribution in [2.45, 2.75) is 26.8 Å². The van der Waals surface area contributed by atoms with Gasteiger partial charge in [0.1, 0.15) is 0 Å². The van der Waals surface area contributed by atoms with E-state index in [1.807, 2.05) is 18.2 Å². The Labute approximate surface area is 95.4 Å². The summed E-state index contributed by atoms with van der Waals surface area (Å²) in [7, 11) is 0. The summed E-state index contributed by atoms with van der Waals surface area (Å²) in [6, 6.07) is 8.09. The molecule has 0 saturated carbocycles. The smallest absolute Gasteiger partial charge is 0.218 e. The Balaban J connectivity index is 2.39. The van der Waals surface area contributed by atoms with Crippen molar-refractivity contribution in [2.24, 2.45) is 11.8 Å². The maximum absolute atomic E-state index is 5.49. The molecule has 1 aromatic carbocycles. The summed E-state index contributed by atoms with van der Waals surface area (Å²) in [5.74, 6) is 6.90. The van der Waals surface area contributed by atoms with E-state index in [1.54, 1.807) is 0 Å². The van der Waals surface area contributed by atoms with Gasteiger partial charge < -0.3 is 4.57 Å². The standard InChI is InChI=1S/C12H18N4/c1-9(2)7-8-16-11-6-4-3-5-10(11)14-12(16)15-13/h3-6,9H,7-8,13H2,1-2H3,(H,14,15). The molecule has 16 heavy (non-hydrogen) atoms. The third kappa shape index (κ3) is 2.02. The molecule has 2 rings (SSSR count). The molecule has 0 atom stereocenters. The maximum atomic E-state index is 5.49. The van der Waals surface area contributed by atoms with E-state index in [4.69, 9.17) is 5.84 Å². The Kier molecular flexibility index (Phi) is 3.10. The number of para-hydroxylation sites is 2. The molecule has 2 aromatic rings. The maximum Gasteiger partial charge on any atom is 0.218 e. The quantitative estimate of drug-likeness (QED) is 0.612. The van der Waals surface area contributed by atoms with Crippen molar-refractivity contribution in [2.75, 3.05) is 5.43 Å². The van der Waals surface area contributed by atoms with Crippen molar-refractivity contribution in [3.8, 4) is 0 Å². The number of fused-ring (bicyclic) bond motifs is 1. The molecule has 0 aliphatic rings. The third-order valence-corrected chi connectivity index (χ3v) is 2.71. The number of rotatable bonds is 4. The minimum absolute atomic E-state index is 0.673. The predicted molar refractivity (Wildman–Crippen MR) is 67.0 cm³/mol. The molecule has 0 amide bonds. The second-order valence-corrected chi connectivity index (χ2v) is 4.40. The van der Waals surface area contributed by atoms with Crippen molar-refractivity contribution in [1.82, 2.24) is 9.55 Å². The molecule has 0 fully saturated rings. The van der Waals surface area contributed by atoms with E-state index < -0.39 is 0 Å². The van der Waals surface area contributed by atoms with Crippen LogP contribution >= 0.6 is 0 Å². The lowest BCUT2D eigenvalue weighted by atomic mass is 10.1. The van der Waals surface area contributed by atoms with Gasteiger partial charge in [0.05, 0.1) is 11.0 Å². The summed E-state index contributed by atoms with van der Waals surface area (Å²) in [6.07, 6.45) is 1.12. The van der Waals surface area contributed by atoms with Crippen LogP contribution in [0.15, 0.2) is 24.3 Å². The lowest BCUT2D eigenvalue weighted by Crippen LogP contribution is -2.14. The fraction of sp³-hybridized carbons (Fsp3) is 0.417. The predicted octanol–water partition coefficient (Wildman–Crippen LogP) is 2.37. The van der Waals surface area contributed by atoms with Gasteiger partial charge >= 0.3 is 0 Å². The highest BCUT2D eigenvalue weighted by atomic mass is 15.3. The first-order valence-corrected chi connectivity index (χ1v) is 5.64. The van der Waals surface area contributed by atoms with Crippen LogP contribution < -0.4 is 11.3 Å². The zero-order chi connectivity index (χ0) is 11.5. The number of imidazole rings is 1. The highest BCUT2D eigenvalue weighted by Gasteiger charge is 2.09. The molecule has 0 unspecified atom stereocenters. The molecule has 4 heteroatoms. The molecule has 0 bridgehead atoms. The fourth-order valence-electron chi connectivity index (χ4n) is 1.80. The largest absolute Gasteiger partial charge is 0.309 e. The number of nitrogen functional groups attached to an aromatic ring is 1. The van der Waals surface area contributed by atoms with E-state index in [0.717, 1.165) is 29.9 Å². The number of anilines is 1. The lowest BCUT2D eigenvalue weighted by molar-refractivity contribution is 0.525. The zero-order valence-corrected chi connectivity index (χ0v) is 9.77. The van der Waals surface area contributed by atoms with Crippen molar-refractivity contribution >= 4 is 17.0 Å². The molecule has 0 aliphatic heterocycles. The first kappa shape index (κ1) is 11.0. The molecule has 1 heterocycles. The monoisotopic (exact) mass is 218 g/mol. The molecule has 3 N–H and O–H groups in total. The van der Waals surface area contributed by atoms with Gasteiger partial charge in [0.25, 0.3) is 0 Å². The molecule has 4 nitrogen and oxygen atoms in total. The SMILES string of the molecule is CC(C)CCn1c(NN)nc2ccccc21. The average molecular weight is 218 g/mol. The van der Waals surface area contributed by atoms with E-state index >= 15 is 0 Å². The molecule has 86 valence electrons. The third-order valence-electron chi connectivity index (χ3n) is 2.71. The van der Waals surface area contributed by atoms with Gasteiger partial charge in [0.15, 0.2) is 0 Å². The number of hydrogen-bond donors (Lipinski definition) is 2. The van der Waals surface area contributed by atoms with E-state index in [-0.39, 0.29) is 0 Å². The van der Waals surface area contributed by atoms with Crippen molar-refractivity contribution in [3.63, 3.8) is 0 Å². The molecule has 0 aliphatic carbocycles. The van der Waals surface area contributed by atoms with Gasteiger partial charge in [-0.3, -0.25) is 5.43 Å². The second-order valence-electron chi connectivity index (χ2n) is 4.40. The minimum Gasteiger partial charge on any atom is -0.309 e. The van der Waals surface area contributed by atoms with E-state index in [9.17, 15) is 0 Å². The van der Waals surface area contributed by atoms with Crippen LogP contribution in [0, 0.1) is 5.92 Å². The van der Waals surface area contributed by atoms with Gasteiger partial charge in [-0.1, -0.05) is 26.0 Å². The van der Waals surface area contributed by atoms with Crippen LogP contribution in [0.25, 0.3) is 11.0 Å². The Morgan fingerprint density at radius 1 is 1.38 bits per heavy atom. The van der Waals surface area contributed by atoms with Crippen LogP contribution in [0.5, 0.6) is 0 Å². The fourth-order valence-corrected chi connectivity index (χ4v) is 1.80. The number of nitrogens with two attached hydrogens (primary N) is 1. The van der Waals surface area contributed by atoms with E-state index in [2.05, 4.69) is 34.9 Å². The van der Waals surface area contributed by atoms with Gasteiger partial charge in [-0.2, -0.15) is 0 Å². The molecule has 0 radical (unpaired) electrons. The Morgan fingerprint density at radius 2 is 2.12 bits per heavy atom. The molecular formula is C12H18N4. The number of aromatic nitrogens is 2. The lowest BCUT2D eigenvalue weighted by Gasteiger charge is -2.09. The molecular weight excluding hydrogens is 200 g/mol. The van der Waals surface area contributed by atoms with Crippen LogP contribution in [0.2, 0.25) is 0 Å². The number of benzene rings is 1. The zero-order valence-electron chi connectivity index (χ0n) is 9.77. The van der Waals surface area contributed by atoms with Gasteiger partial charge in [0, 0.05) is 6.54 Å². The van der Waals surface area contributed by atoms with Gasteiger partial charge in [-0.05, 0) is 24.5 Å². The number of nitrogens with one attached hydrogen (secondary N) is 1. The van der Waals surface area contributed by atoms with Crippen LogP contribution in [-0.4, -0.2) is 9.55 Å².